The number of nitrogens with one attached hydrogen (secondary N) is 1. The second-order valence-electron chi connectivity index (χ2n) is 1.95. The Balaban J connectivity index is 0.000001000. The number of nitrogens with zero attached hydrogens (tertiary/aromatic N) is 1. The molecule has 0 radical (unpaired) electrons. The molecule has 0 aromatic rings. The molecule has 1 aliphatic rings. The van der Waals surface area contributed by atoms with Crippen molar-refractivity contribution >= 4 is 12.0 Å². The molecular weight excluding hydrogens is 175 g/mol. The molecule has 0 bridgehead atoms. The first kappa shape index (κ1) is 11.4. The van der Waals surface area contributed by atoms with Crippen LogP contribution in [0.15, 0.2) is 0 Å². The molecule has 0 aromatic heterocycles. The zero-order chi connectivity index (χ0) is 7.56. The SMILES string of the molecule is N=C1OCCN1CC(=O)[O-].[K+]. The van der Waals surface area contributed by atoms with Crippen molar-refractivity contribution < 1.29 is 66.0 Å². The Morgan fingerprint density at radius 1 is 1.82 bits per heavy atom. The van der Waals surface area contributed by atoms with Crippen LogP contribution in [0.3, 0.4) is 0 Å². The molecule has 0 saturated carbocycles. The van der Waals surface area contributed by atoms with Crippen molar-refractivity contribution in [2.24, 2.45) is 0 Å². The van der Waals surface area contributed by atoms with E-state index in [1.54, 1.807) is 0 Å². The minimum atomic E-state index is -1.18. The number of carbonyl (C=O) groups excluding carboxylic acids is 1. The molecule has 1 rings (SSSR count). The van der Waals surface area contributed by atoms with Crippen LogP contribution in [0, 0.1) is 5.41 Å². The van der Waals surface area contributed by atoms with Crippen LogP contribution in [0.4, 0.5) is 0 Å². The van der Waals surface area contributed by atoms with Gasteiger partial charge in [0.25, 0.3) is 6.02 Å². The minimum Gasteiger partial charge on any atom is -0.548 e. The maximum absolute atomic E-state index is 10.00. The number of carboxylic acids is 1. The van der Waals surface area contributed by atoms with Gasteiger partial charge in [-0.3, -0.25) is 5.41 Å². The zero-order valence-electron chi connectivity index (χ0n) is 6.29. The van der Waals surface area contributed by atoms with Crippen molar-refractivity contribution in [2.45, 2.75) is 0 Å². The third-order valence-corrected chi connectivity index (χ3v) is 1.21. The first-order chi connectivity index (χ1) is 4.70. The van der Waals surface area contributed by atoms with E-state index >= 15 is 0 Å². The summed E-state index contributed by atoms with van der Waals surface area (Å²) in [5.74, 6) is -1.18. The van der Waals surface area contributed by atoms with Gasteiger partial charge in [0.15, 0.2) is 0 Å². The normalized spacial score (nSPS) is 15.6. The molecular formula is C5H7KN2O3. The standard InChI is InChI=1S/C5H8N2O3.K/c6-5-7(1-2-10-5)3-4(8)9;/h6H,1-3H2,(H,8,9);/q;+1/p-1. The minimum absolute atomic E-state index is 0. The molecule has 1 aliphatic heterocycles. The van der Waals surface area contributed by atoms with Crippen LogP contribution in [-0.2, 0) is 9.53 Å². The molecule has 0 atom stereocenters. The first-order valence-electron chi connectivity index (χ1n) is 2.86. The van der Waals surface area contributed by atoms with Crippen molar-refractivity contribution in [1.82, 2.24) is 4.90 Å². The van der Waals surface area contributed by atoms with Crippen LogP contribution in [0.5, 0.6) is 0 Å². The summed E-state index contributed by atoms with van der Waals surface area (Å²) in [6.45, 7) is 0.609. The number of rotatable bonds is 2. The molecule has 5 nitrogen and oxygen atoms in total. The Hall–Kier alpha value is 0.376. The fourth-order valence-corrected chi connectivity index (χ4v) is 0.752. The molecule has 0 spiro atoms. The van der Waals surface area contributed by atoms with Crippen LogP contribution in [-0.4, -0.2) is 36.6 Å². The topological polar surface area (TPSA) is 76.5 Å². The van der Waals surface area contributed by atoms with Crippen LogP contribution in [0.2, 0.25) is 0 Å². The van der Waals surface area contributed by atoms with Gasteiger partial charge in [0.05, 0.1) is 19.1 Å². The third kappa shape index (κ3) is 3.52. The van der Waals surface area contributed by atoms with Crippen molar-refractivity contribution in [3.8, 4) is 0 Å². The number of hydrogen-bond donors (Lipinski definition) is 1. The smallest absolute Gasteiger partial charge is 0.548 e. The van der Waals surface area contributed by atoms with Gasteiger partial charge in [0.2, 0.25) is 0 Å². The summed E-state index contributed by atoms with van der Waals surface area (Å²) in [6, 6.07) is -0.0794. The summed E-state index contributed by atoms with van der Waals surface area (Å²) in [6.07, 6.45) is 0. The molecule has 1 saturated heterocycles. The molecule has 11 heavy (non-hydrogen) atoms. The molecule has 0 amide bonds. The Morgan fingerprint density at radius 2 is 2.45 bits per heavy atom. The summed E-state index contributed by atoms with van der Waals surface area (Å²) in [5, 5.41) is 17.0. The molecule has 6 heteroatoms. The zero-order valence-corrected chi connectivity index (χ0v) is 9.42. The Morgan fingerprint density at radius 3 is 2.82 bits per heavy atom. The van der Waals surface area contributed by atoms with E-state index in [-0.39, 0.29) is 64.0 Å². The molecule has 1 N–H and O–H groups in total. The van der Waals surface area contributed by atoms with E-state index in [9.17, 15) is 9.90 Å². The Kier molecular flexibility index (Phi) is 5.27. The predicted octanol–water partition coefficient (Wildman–Crippen LogP) is -4.99. The van der Waals surface area contributed by atoms with Crippen molar-refractivity contribution in [3.63, 3.8) is 0 Å². The maximum atomic E-state index is 10.00. The number of aliphatic carboxylic acids is 1. The average molecular weight is 182 g/mol. The van der Waals surface area contributed by atoms with Gasteiger partial charge in [-0.2, -0.15) is 0 Å². The van der Waals surface area contributed by atoms with Crippen LogP contribution < -0.4 is 56.5 Å². The molecule has 0 aromatic carbocycles. The van der Waals surface area contributed by atoms with Gasteiger partial charge in [-0.15, -0.1) is 0 Å². The van der Waals surface area contributed by atoms with E-state index in [1.807, 2.05) is 0 Å². The van der Waals surface area contributed by atoms with Gasteiger partial charge < -0.3 is 19.5 Å². The number of carboxylic acid groups (broad SMARTS) is 1. The average Bonchev–Trinajstić information content (AvgIpc) is 2.15. The van der Waals surface area contributed by atoms with E-state index < -0.39 is 5.97 Å². The summed E-state index contributed by atoms with van der Waals surface area (Å²) >= 11 is 0. The predicted molar refractivity (Wildman–Crippen MR) is 30.3 cm³/mol. The van der Waals surface area contributed by atoms with Gasteiger partial charge in [-0.1, -0.05) is 0 Å². The van der Waals surface area contributed by atoms with Crippen LogP contribution in [0.25, 0.3) is 0 Å². The third-order valence-electron chi connectivity index (χ3n) is 1.21. The van der Waals surface area contributed by atoms with Crippen LogP contribution in [0.1, 0.15) is 0 Å². The van der Waals surface area contributed by atoms with Gasteiger partial charge in [-0.05, 0) is 0 Å². The molecule has 0 unspecified atom stereocenters. The largest absolute Gasteiger partial charge is 1.00 e. The molecule has 0 aliphatic carbocycles. The molecule has 1 heterocycles. The molecule has 1 fully saturated rings. The van der Waals surface area contributed by atoms with Crippen molar-refractivity contribution in [1.29, 1.82) is 5.41 Å². The number of hydrogen-bond acceptors (Lipinski definition) is 4. The van der Waals surface area contributed by atoms with Gasteiger partial charge in [0, 0.05) is 0 Å². The van der Waals surface area contributed by atoms with Crippen LogP contribution >= 0.6 is 0 Å². The van der Waals surface area contributed by atoms with E-state index in [0.717, 1.165) is 0 Å². The van der Waals surface area contributed by atoms with Gasteiger partial charge in [-0.25, -0.2) is 0 Å². The summed E-state index contributed by atoms with van der Waals surface area (Å²) in [5.41, 5.74) is 0. The maximum Gasteiger partial charge on any atom is 1.00 e. The quantitative estimate of drug-likeness (QED) is 0.434. The summed E-state index contributed by atoms with van der Waals surface area (Å²) in [7, 11) is 0. The summed E-state index contributed by atoms with van der Waals surface area (Å²) < 4.78 is 4.68. The van der Waals surface area contributed by atoms with Crippen molar-refractivity contribution in [3.05, 3.63) is 0 Å². The number of ether oxygens (including phenoxy) is 1. The number of carbonyl (C=O) groups is 1. The number of amidine groups is 1. The van der Waals surface area contributed by atoms with Gasteiger partial charge >= 0.3 is 51.4 Å². The Bertz CT molecular complexity index is 173. The van der Waals surface area contributed by atoms with Crippen molar-refractivity contribution in [2.75, 3.05) is 19.7 Å². The monoisotopic (exact) mass is 182 g/mol. The van der Waals surface area contributed by atoms with E-state index in [1.165, 1.54) is 4.90 Å². The fourth-order valence-electron chi connectivity index (χ4n) is 0.752. The Labute approximate surface area is 107 Å². The first-order valence-corrected chi connectivity index (χ1v) is 2.86. The second-order valence-corrected chi connectivity index (χ2v) is 1.95. The summed E-state index contributed by atoms with van der Waals surface area (Å²) in [4.78, 5) is 11.3. The van der Waals surface area contributed by atoms with Gasteiger partial charge in [0.1, 0.15) is 6.61 Å². The van der Waals surface area contributed by atoms with E-state index in [2.05, 4.69) is 4.74 Å². The molecule has 56 valence electrons. The van der Waals surface area contributed by atoms with E-state index in [4.69, 9.17) is 5.41 Å². The second kappa shape index (κ2) is 5.10. The fraction of sp³-hybridized carbons (Fsp3) is 0.600. The van der Waals surface area contributed by atoms with E-state index in [0.29, 0.717) is 13.2 Å².